The summed E-state index contributed by atoms with van der Waals surface area (Å²) in [6, 6.07) is 11.5. The van der Waals surface area contributed by atoms with Crippen molar-refractivity contribution in [1.29, 1.82) is 0 Å². The highest BCUT2D eigenvalue weighted by Gasteiger charge is 2.18. The van der Waals surface area contributed by atoms with Crippen molar-refractivity contribution in [3.05, 3.63) is 41.6 Å². The molecule has 3 rings (SSSR count). The van der Waals surface area contributed by atoms with E-state index >= 15 is 0 Å². The Hall–Kier alpha value is -1.61. The Balaban J connectivity index is 1.78. The molecule has 2 atom stereocenters. The molecule has 0 amide bonds. The fraction of sp³-hybridized carbons (Fsp3) is 0.471. The summed E-state index contributed by atoms with van der Waals surface area (Å²) >= 11 is 0. The standard InChI is InChI=1S/C17H23N3/c1-3-12(2)13-6-8-14(9-7-13)16-11-17(20-19-16)15-5-4-10-18-15/h6-9,11-12,15,18H,3-5,10H2,1-2H3,(H,19,20). The fourth-order valence-electron chi connectivity index (χ4n) is 2.83. The van der Waals surface area contributed by atoms with E-state index in [4.69, 9.17) is 0 Å². The van der Waals surface area contributed by atoms with Gasteiger partial charge in [0.05, 0.1) is 11.4 Å². The Labute approximate surface area is 120 Å². The Morgan fingerprint density at radius 2 is 2.10 bits per heavy atom. The zero-order valence-electron chi connectivity index (χ0n) is 12.3. The van der Waals surface area contributed by atoms with Crippen molar-refractivity contribution < 1.29 is 0 Å². The van der Waals surface area contributed by atoms with Gasteiger partial charge in [0.2, 0.25) is 0 Å². The second-order valence-electron chi connectivity index (χ2n) is 5.79. The molecule has 1 aromatic heterocycles. The summed E-state index contributed by atoms with van der Waals surface area (Å²) in [5.74, 6) is 0.626. The number of H-pyrrole nitrogens is 1. The third-order valence-electron chi connectivity index (χ3n) is 4.42. The molecule has 0 spiro atoms. The lowest BCUT2D eigenvalue weighted by Gasteiger charge is -2.08. The van der Waals surface area contributed by atoms with Gasteiger partial charge in [-0.2, -0.15) is 5.10 Å². The molecule has 1 fully saturated rings. The molecule has 2 aromatic rings. The Kier molecular flexibility index (Phi) is 3.88. The topological polar surface area (TPSA) is 40.7 Å². The molecule has 0 saturated carbocycles. The van der Waals surface area contributed by atoms with Crippen molar-refractivity contribution in [1.82, 2.24) is 15.5 Å². The molecule has 1 saturated heterocycles. The van der Waals surface area contributed by atoms with Crippen LogP contribution in [0, 0.1) is 0 Å². The first-order chi connectivity index (χ1) is 9.78. The van der Waals surface area contributed by atoms with E-state index in [2.05, 4.69) is 59.7 Å². The Morgan fingerprint density at radius 3 is 2.75 bits per heavy atom. The molecular weight excluding hydrogens is 246 g/mol. The van der Waals surface area contributed by atoms with Crippen LogP contribution in [0.4, 0.5) is 0 Å². The van der Waals surface area contributed by atoms with Gasteiger partial charge in [-0.25, -0.2) is 0 Å². The smallest absolute Gasteiger partial charge is 0.0924 e. The number of hydrogen-bond acceptors (Lipinski definition) is 2. The monoisotopic (exact) mass is 269 g/mol. The van der Waals surface area contributed by atoms with Crippen LogP contribution < -0.4 is 5.32 Å². The van der Waals surface area contributed by atoms with Crippen molar-refractivity contribution in [3.63, 3.8) is 0 Å². The number of nitrogens with zero attached hydrogens (tertiary/aromatic N) is 1. The zero-order valence-corrected chi connectivity index (χ0v) is 12.3. The highest BCUT2D eigenvalue weighted by Crippen LogP contribution is 2.27. The maximum atomic E-state index is 4.46. The van der Waals surface area contributed by atoms with Crippen LogP contribution in [0.3, 0.4) is 0 Å². The van der Waals surface area contributed by atoms with E-state index in [1.165, 1.54) is 36.1 Å². The maximum absolute atomic E-state index is 4.46. The van der Waals surface area contributed by atoms with Gasteiger partial charge in [-0.05, 0) is 43.4 Å². The van der Waals surface area contributed by atoms with E-state index in [1.807, 2.05) is 0 Å². The average Bonchev–Trinajstić information content (AvgIpc) is 3.17. The van der Waals surface area contributed by atoms with Gasteiger partial charge < -0.3 is 5.32 Å². The largest absolute Gasteiger partial charge is 0.309 e. The number of hydrogen-bond donors (Lipinski definition) is 2. The maximum Gasteiger partial charge on any atom is 0.0924 e. The molecule has 0 bridgehead atoms. The average molecular weight is 269 g/mol. The van der Waals surface area contributed by atoms with Crippen LogP contribution in [-0.2, 0) is 0 Å². The van der Waals surface area contributed by atoms with Gasteiger partial charge in [-0.1, -0.05) is 38.1 Å². The van der Waals surface area contributed by atoms with Crippen LogP contribution in [0.5, 0.6) is 0 Å². The van der Waals surface area contributed by atoms with Gasteiger partial charge in [0, 0.05) is 11.6 Å². The van der Waals surface area contributed by atoms with E-state index < -0.39 is 0 Å². The van der Waals surface area contributed by atoms with Gasteiger partial charge in [0.1, 0.15) is 0 Å². The molecule has 3 heteroatoms. The van der Waals surface area contributed by atoms with Gasteiger partial charge >= 0.3 is 0 Å². The van der Waals surface area contributed by atoms with E-state index in [0.29, 0.717) is 12.0 Å². The quantitative estimate of drug-likeness (QED) is 0.880. The third-order valence-corrected chi connectivity index (χ3v) is 4.42. The van der Waals surface area contributed by atoms with Crippen LogP contribution in [0.15, 0.2) is 30.3 Å². The lowest BCUT2D eigenvalue weighted by molar-refractivity contribution is 0.625. The second-order valence-corrected chi connectivity index (χ2v) is 5.79. The first-order valence-corrected chi connectivity index (χ1v) is 7.67. The molecule has 1 aromatic carbocycles. The number of aromatic amines is 1. The normalized spacial score (nSPS) is 20.2. The van der Waals surface area contributed by atoms with E-state index in [-0.39, 0.29) is 0 Å². The molecule has 2 unspecified atom stereocenters. The summed E-state index contributed by atoms with van der Waals surface area (Å²) in [7, 11) is 0. The number of aromatic nitrogens is 2. The summed E-state index contributed by atoms with van der Waals surface area (Å²) in [5.41, 5.74) is 4.86. The number of rotatable bonds is 4. The number of benzene rings is 1. The molecular formula is C17H23N3. The predicted octanol–water partition coefficient (Wildman–Crippen LogP) is 4.01. The minimum absolute atomic E-state index is 0.454. The second kappa shape index (κ2) is 5.80. The van der Waals surface area contributed by atoms with Crippen molar-refractivity contribution in [2.75, 3.05) is 6.54 Å². The minimum Gasteiger partial charge on any atom is -0.309 e. The lowest BCUT2D eigenvalue weighted by Crippen LogP contribution is -2.12. The van der Waals surface area contributed by atoms with Crippen molar-refractivity contribution in [3.8, 4) is 11.3 Å². The molecule has 106 valence electrons. The van der Waals surface area contributed by atoms with Crippen LogP contribution >= 0.6 is 0 Å². The summed E-state index contributed by atoms with van der Waals surface area (Å²) in [6.07, 6.45) is 3.64. The number of nitrogens with one attached hydrogen (secondary N) is 2. The summed E-state index contributed by atoms with van der Waals surface area (Å²) in [6.45, 7) is 5.61. The summed E-state index contributed by atoms with van der Waals surface area (Å²) in [5, 5.41) is 11.1. The lowest BCUT2D eigenvalue weighted by atomic mass is 9.97. The summed E-state index contributed by atoms with van der Waals surface area (Å²) < 4.78 is 0. The van der Waals surface area contributed by atoms with Crippen LogP contribution in [0.25, 0.3) is 11.3 Å². The third kappa shape index (κ3) is 2.63. The summed E-state index contributed by atoms with van der Waals surface area (Å²) in [4.78, 5) is 0. The van der Waals surface area contributed by atoms with Gasteiger partial charge in [0.25, 0.3) is 0 Å². The molecule has 0 radical (unpaired) electrons. The van der Waals surface area contributed by atoms with Crippen LogP contribution in [-0.4, -0.2) is 16.7 Å². The minimum atomic E-state index is 0.454. The molecule has 3 nitrogen and oxygen atoms in total. The van der Waals surface area contributed by atoms with Crippen LogP contribution in [0.1, 0.15) is 56.3 Å². The first kappa shape index (κ1) is 13.4. The van der Waals surface area contributed by atoms with E-state index in [0.717, 1.165) is 12.2 Å². The molecule has 1 aliphatic rings. The molecule has 20 heavy (non-hydrogen) atoms. The first-order valence-electron chi connectivity index (χ1n) is 7.67. The zero-order chi connectivity index (χ0) is 13.9. The Morgan fingerprint density at radius 1 is 1.30 bits per heavy atom. The molecule has 2 N–H and O–H groups in total. The Bertz CT molecular complexity index is 550. The van der Waals surface area contributed by atoms with Gasteiger partial charge in [0.15, 0.2) is 0 Å². The van der Waals surface area contributed by atoms with Gasteiger partial charge in [-0.15, -0.1) is 0 Å². The fourth-order valence-corrected chi connectivity index (χ4v) is 2.83. The van der Waals surface area contributed by atoms with E-state index in [1.54, 1.807) is 0 Å². The molecule has 1 aliphatic heterocycles. The van der Waals surface area contributed by atoms with Gasteiger partial charge in [-0.3, -0.25) is 5.10 Å². The highest BCUT2D eigenvalue weighted by atomic mass is 15.1. The predicted molar refractivity (Wildman–Crippen MR) is 82.7 cm³/mol. The SMILES string of the molecule is CCC(C)c1ccc(-c2cc(C3CCCN3)[nH]n2)cc1. The van der Waals surface area contributed by atoms with E-state index in [9.17, 15) is 0 Å². The molecule has 0 aliphatic carbocycles. The highest BCUT2D eigenvalue weighted by molar-refractivity contribution is 5.60. The molecule has 2 heterocycles. The van der Waals surface area contributed by atoms with Crippen molar-refractivity contribution in [2.24, 2.45) is 0 Å². The van der Waals surface area contributed by atoms with Crippen molar-refractivity contribution >= 4 is 0 Å². The van der Waals surface area contributed by atoms with Crippen molar-refractivity contribution in [2.45, 2.75) is 45.1 Å². The van der Waals surface area contributed by atoms with Crippen LogP contribution in [0.2, 0.25) is 0 Å².